The molecular formula is C17H23N3O2S. The van der Waals surface area contributed by atoms with E-state index in [1.54, 1.807) is 18.3 Å². The zero-order valence-electron chi connectivity index (χ0n) is 14.2. The van der Waals surface area contributed by atoms with Gasteiger partial charge in [0.05, 0.1) is 10.6 Å². The highest BCUT2D eigenvalue weighted by molar-refractivity contribution is 7.89. The van der Waals surface area contributed by atoms with Gasteiger partial charge in [0.15, 0.2) is 0 Å². The molecule has 0 aliphatic carbocycles. The summed E-state index contributed by atoms with van der Waals surface area (Å²) in [5.41, 5.74) is 3.47. The molecule has 0 atom stereocenters. The monoisotopic (exact) mass is 333 g/mol. The molecule has 0 unspecified atom stereocenters. The van der Waals surface area contributed by atoms with E-state index in [2.05, 4.69) is 14.7 Å². The second-order valence-electron chi connectivity index (χ2n) is 6.72. The molecule has 6 heteroatoms. The largest absolute Gasteiger partial charge is 0.244 e. The number of sulfonamides is 1. The van der Waals surface area contributed by atoms with Gasteiger partial charge in [-0.15, -0.1) is 0 Å². The molecule has 1 aromatic carbocycles. The normalized spacial score (nSPS) is 12.4. The molecule has 5 nitrogen and oxygen atoms in total. The van der Waals surface area contributed by atoms with Crippen LogP contribution in [0.4, 0.5) is 0 Å². The summed E-state index contributed by atoms with van der Waals surface area (Å²) in [6.07, 6.45) is 3.15. The summed E-state index contributed by atoms with van der Waals surface area (Å²) in [6.45, 7) is 10.1. The van der Waals surface area contributed by atoms with Crippen LogP contribution in [0.1, 0.15) is 43.2 Å². The van der Waals surface area contributed by atoms with E-state index in [1.165, 1.54) is 6.33 Å². The highest BCUT2D eigenvalue weighted by Gasteiger charge is 2.21. The number of aromatic nitrogens is 2. The second kappa shape index (κ2) is 6.37. The Morgan fingerprint density at radius 2 is 1.83 bits per heavy atom. The fraction of sp³-hybridized carbons (Fsp3) is 0.412. The molecule has 1 aromatic heterocycles. The van der Waals surface area contributed by atoms with Crippen LogP contribution >= 0.6 is 0 Å². The molecule has 0 bridgehead atoms. The third-order valence-corrected chi connectivity index (χ3v) is 5.14. The van der Waals surface area contributed by atoms with E-state index in [9.17, 15) is 8.42 Å². The number of nitrogens with one attached hydrogen (secondary N) is 1. The Labute approximate surface area is 138 Å². The lowest BCUT2D eigenvalue weighted by molar-refractivity contribution is 0.551. The minimum absolute atomic E-state index is 0.169. The lowest BCUT2D eigenvalue weighted by atomic mass is 9.89. The van der Waals surface area contributed by atoms with Crippen molar-refractivity contribution in [3.05, 3.63) is 53.1 Å². The van der Waals surface area contributed by atoms with Crippen LogP contribution in [0.5, 0.6) is 0 Å². The third-order valence-electron chi connectivity index (χ3n) is 3.74. The molecule has 1 heterocycles. The zero-order valence-corrected chi connectivity index (χ0v) is 15.0. The van der Waals surface area contributed by atoms with Gasteiger partial charge in [-0.25, -0.2) is 23.1 Å². The molecule has 2 aromatic rings. The van der Waals surface area contributed by atoms with Gasteiger partial charge in [-0.05, 0) is 37.1 Å². The van der Waals surface area contributed by atoms with Gasteiger partial charge in [0.25, 0.3) is 0 Å². The van der Waals surface area contributed by atoms with Gasteiger partial charge in [0.1, 0.15) is 6.33 Å². The van der Waals surface area contributed by atoms with Crippen LogP contribution in [0.3, 0.4) is 0 Å². The molecule has 0 radical (unpaired) electrons. The number of aryl methyl sites for hydroxylation is 2. The Bertz CT molecular complexity index is 809. The highest BCUT2D eigenvalue weighted by Crippen LogP contribution is 2.23. The number of rotatable bonds is 4. The summed E-state index contributed by atoms with van der Waals surface area (Å²) in [5.74, 6) is 0. The standard InChI is InChI=1S/C17H23N3O2S/c1-12-6-7-15(8-13(12)2)23(21,22)20-10-14-9-18-11-19-16(14)17(3,4)5/h6-9,11,20H,10H2,1-5H3. The fourth-order valence-electron chi connectivity index (χ4n) is 2.30. The smallest absolute Gasteiger partial charge is 0.240 e. The molecule has 23 heavy (non-hydrogen) atoms. The molecule has 0 aliphatic rings. The number of nitrogens with zero attached hydrogens (tertiary/aromatic N) is 2. The number of benzene rings is 1. The van der Waals surface area contributed by atoms with Crippen LogP contribution in [0.2, 0.25) is 0 Å². The van der Waals surface area contributed by atoms with Crippen molar-refractivity contribution < 1.29 is 8.42 Å². The van der Waals surface area contributed by atoms with Crippen LogP contribution < -0.4 is 4.72 Å². The van der Waals surface area contributed by atoms with E-state index in [0.29, 0.717) is 0 Å². The Kier molecular flexibility index (Phi) is 4.87. The van der Waals surface area contributed by atoms with E-state index in [4.69, 9.17) is 0 Å². The Morgan fingerprint density at radius 3 is 2.43 bits per heavy atom. The van der Waals surface area contributed by atoms with Gasteiger partial charge in [-0.1, -0.05) is 26.8 Å². The van der Waals surface area contributed by atoms with E-state index < -0.39 is 10.0 Å². The van der Waals surface area contributed by atoms with E-state index in [1.807, 2.05) is 40.7 Å². The van der Waals surface area contributed by atoms with Gasteiger partial charge in [-0.3, -0.25) is 0 Å². The van der Waals surface area contributed by atoms with Crippen molar-refractivity contribution in [1.29, 1.82) is 0 Å². The first-order chi connectivity index (χ1) is 10.6. The quantitative estimate of drug-likeness (QED) is 0.934. The summed E-state index contributed by atoms with van der Waals surface area (Å²) in [6, 6.07) is 5.12. The minimum atomic E-state index is -3.57. The summed E-state index contributed by atoms with van der Waals surface area (Å²) < 4.78 is 27.6. The second-order valence-corrected chi connectivity index (χ2v) is 8.48. The predicted octanol–water partition coefficient (Wildman–Crippen LogP) is 2.87. The van der Waals surface area contributed by atoms with Gasteiger partial charge in [-0.2, -0.15) is 0 Å². The van der Waals surface area contributed by atoms with Crippen LogP contribution in [0.15, 0.2) is 35.6 Å². The molecule has 124 valence electrons. The summed E-state index contributed by atoms with van der Waals surface area (Å²) >= 11 is 0. The molecule has 0 amide bonds. The molecule has 0 saturated carbocycles. The zero-order chi connectivity index (χ0) is 17.3. The van der Waals surface area contributed by atoms with Crippen LogP contribution in [0, 0.1) is 13.8 Å². The summed E-state index contributed by atoms with van der Waals surface area (Å²) in [5, 5.41) is 0. The summed E-state index contributed by atoms with van der Waals surface area (Å²) in [7, 11) is -3.57. The lowest BCUT2D eigenvalue weighted by Gasteiger charge is -2.21. The van der Waals surface area contributed by atoms with Crippen molar-refractivity contribution in [2.45, 2.75) is 51.5 Å². The molecule has 0 spiro atoms. The molecule has 0 aliphatic heterocycles. The topological polar surface area (TPSA) is 72.0 Å². The average Bonchev–Trinajstić information content (AvgIpc) is 2.47. The van der Waals surface area contributed by atoms with Crippen molar-refractivity contribution >= 4 is 10.0 Å². The van der Waals surface area contributed by atoms with Crippen molar-refractivity contribution in [3.63, 3.8) is 0 Å². The number of hydrogen-bond acceptors (Lipinski definition) is 4. The minimum Gasteiger partial charge on any atom is -0.244 e. The average molecular weight is 333 g/mol. The van der Waals surface area contributed by atoms with Gasteiger partial charge in [0, 0.05) is 23.7 Å². The lowest BCUT2D eigenvalue weighted by Crippen LogP contribution is -2.26. The molecule has 0 saturated heterocycles. The van der Waals surface area contributed by atoms with Crippen molar-refractivity contribution in [2.24, 2.45) is 0 Å². The summed E-state index contributed by atoms with van der Waals surface area (Å²) in [4.78, 5) is 8.59. The Hall–Kier alpha value is -1.79. The van der Waals surface area contributed by atoms with Gasteiger partial charge in [0.2, 0.25) is 10.0 Å². The van der Waals surface area contributed by atoms with E-state index in [-0.39, 0.29) is 16.9 Å². The van der Waals surface area contributed by atoms with Crippen LogP contribution in [-0.4, -0.2) is 18.4 Å². The maximum Gasteiger partial charge on any atom is 0.240 e. The molecule has 0 fully saturated rings. The number of hydrogen-bond donors (Lipinski definition) is 1. The first-order valence-electron chi connectivity index (χ1n) is 7.47. The Morgan fingerprint density at radius 1 is 1.13 bits per heavy atom. The van der Waals surface area contributed by atoms with Gasteiger partial charge < -0.3 is 0 Å². The van der Waals surface area contributed by atoms with Crippen molar-refractivity contribution in [3.8, 4) is 0 Å². The molecule has 2 rings (SSSR count). The first-order valence-corrected chi connectivity index (χ1v) is 8.96. The highest BCUT2D eigenvalue weighted by atomic mass is 32.2. The first kappa shape index (κ1) is 17.6. The predicted molar refractivity (Wildman–Crippen MR) is 90.7 cm³/mol. The van der Waals surface area contributed by atoms with Crippen LogP contribution in [0.25, 0.3) is 0 Å². The Balaban J connectivity index is 2.25. The third kappa shape index (κ3) is 4.14. The van der Waals surface area contributed by atoms with E-state index >= 15 is 0 Å². The van der Waals surface area contributed by atoms with Crippen molar-refractivity contribution in [2.75, 3.05) is 0 Å². The van der Waals surface area contributed by atoms with E-state index in [0.717, 1.165) is 22.4 Å². The maximum absolute atomic E-state index is 12.5. The van der Waals surface area contributed by atoms with Crippen molar-refractivity contribution in [1.82, 2.24) is 14.7 Å². The molecular weight excluding hydrogens is 310 g/mol. The maximum atomic E-state index is 12.5. The van der Waals surface area contributed by atoms with Crippen LogP contribution in [-0.2, 0) is 22.0 Å². The van der Waals surface area contributed by atoms with Gasteiger partial charge >= 0.3 is 0 Å². The SMILES string of the molecule is Cc1ccc(S(=O)(=O)NCc2cncnc2C(C)(C)C)cc1C. The fourth-order valence-corrected chi connectivity index (χ4v) is 3.39. The molecule has 1 N–H and O–H groups in total.